The maximum atomic E-state index is 12.2. The molecule has 1 heterocycles. The third-order valence-electron chi connectivity index (χ3n) is 5.33. The van der Waals surface area contributed by atoms with E-state index in [1.807, 2.05) is 36.5 Å². The summed E-state index contributed by atoms with van der Waals surface area (Å²) in [6, 6.07) is 22.3. The number of carbonyl (C=O) groups excluding carboxylic acids is 1. The average Bonchev–Trinajstić information content (AvgIpc) is 3.13. The summed E-state index contributed by atoms with van der Waals surface area (Å²) >= 11 is 0. The van der Waals surface area contributed by atoms with Crippen LogP contribution < -0.4 is 5.43 Å². The fraction of sp³-hybridized carbons (Fsp3) is 0.120. The van der Waals surface area contributed by atoms with Crippen molar-refractivity contribution in [2.75, 3.05) is 0 Å². The fourth-order valence-corrected chi connectivity index (χ4v) is 3.61. The maximum Gasteiger partial charge on any atom is 0.269 e. The molecule has 7 heteroatoms. The van der Waals surface area contributed by atoms with Gasteiger partial charge in [-0.1, -0.05) is 54.6 Å². The van der Waals surface area contributed by atoms with E-state index in [2.05, 4.69) is 40.2 Å². The normalized spacial score (nSPS) is 11.2. The predicted molar refractivity (Wildman–Crippen MR) is 125 cm³/mol. The molecule has 1 aromatic heterocycles. The van der Waals surface area contributed by atoms with E-state index in [1.54, 1.807) is 18.3 Å². The van der Waals surface area contributed by atoms with E-state index in [0.29, 0.717) is 5.56 Å². The molecule has 0 saturated heterocycles. The van der Waals surface area contributed by atoms with Crippen molar-refractivity contribution in [3.05, 3.63) is 111 Å². The van der Waals surface area contributed by atoms with E-state index in [1.165, 1.54) is 23.3 Å². The number of para-hydroxylation sites is 1. The lowest BCUT2D eigenvalue weighted by molar-refractivity contribution is -0.384. The third kappa shape index (κ3) is 4.73. The van der Waals surface area contributed by atoms with Crippen molar-refractivity contribution in [1.82, 2.24) is 9.99 Å². The first-order valence-corrected chi connectivity index (χ1v) is 10.2. The van der Waals surface area contributed by atoms with Crippen LogP contribution in [-0.4, -0.2) is 21.6 Å². The number of amides is 1. The summed E-state index contributed by atoms with van der Waals surface area (Å²) < 4.78 is 2.18. The Morgan fingerprint density at radius 3 is 2.53 bits per heavy atom. The third-order valence-corrected chi connectivity index (χ3v) is 5.33. The first kappa shape index (κ1) is 21.0. The van der Waals surface area contributed by atoms with Crippen molar-refractivity contribution < 1.29 is 9.72 Å². The Hall–Kier alpha value is -4.26. The summed E-state index contributed by atoms with van der Waals surface area (Å²) in [6.45, 7) is 2.84. The number of nitro groups is 1. The fourth-order valence-electron chi connectivity index (χ4n) is 3.61. The van der Waals surface area contributed by atoms with Crippen LogP contribution in [0.1, 0.15) is 22.3 Å². The van der Waals surface area contributed by atoms with Crippen molar-refractivity contribution >= 4 is 28.7 Å². The van der Waals surface area contributed by atoms with Crippen LogP contribution >= 0.6 is 0 Å². The number of hydrazone groups is 1. The van der Waals surface area contributed by atoms with E-state index in [4.69, 9.17) is 0 Å². The summed E-state index contributed by atoms with van der Waals surface area (Å²) in [5.74, 6) is -0.293. The molecule has 4 aromatic rings. The van der Waals surface area contributed by atoms with Gasteiger partial charge < -0.3 is 4.57 Å². The Labute approximate surface area is 185 Å². The molecule has 160 valence electrons. The highest BCUT2D eigenvalue weighted by atomic mass is 16.6. The highest BCUT2D eigenvalue weighted by Crippen LogP contribution is 2.22. The van der Waals surface area contributed by atoms with Crippen LogP contribution in [0.4, 0.5) is 5.69 Å². The summed E-state index contributed by atoms with van der Waals surface area (Å²) in [5, 5.41) is 15.9. The number of benzene rings is 3. The summed E-state index contributed by atoms with van der Waals surface area (Å²) in [4.78, 5) is 22.5. The Balaban J connectivity index is 1.47. The molecule has 0 bridgehead atoms. The molecule has 0 unspecified atom stereocenters. The lowest BCUT2D eigenvalue weighted by Gasteiger charge is -2.08. The lowest BCUT2D eigenvalue weighted by Crippen LogP contribution is -2.19. The van der Waals surface area contributed by atoms with Crippen LogP contribution in [0.2, 0.25) is 0 Å². The topological polar surface area (TPSA) is 89.5 Å². The quantitative estimate of drug-likeness (QED) is 0.266. The minimum absolute atomic E-state index is 0.00531. The Kier molecular flexibility index (Phi) is 6.07. The van der Waals surface area contributed by atoms with Gasteiger partial charge in [0.25, 0.3) is 5.69 Å². The number of nitrogens with one attached hydrogen (secondary N) is 1. The van der Waals surface area contributed by atoms with Gasteiger partial charge >= 0.3 is 0 Å². The smallest absolute Gasteiger partial charge is 0.269 e. The Bertz CT molecular complexity index is 1310. The second-order valence-corrected chi connectivity index (χ2v) is 7.55. The van der Waals surface area contributed by atoms with Gasteiger partial charge in [-0.25, -0.2) is 5.43 Å². The monoisotopic (exact) mass is 426 g/mol. The highest BCUT2D eigenvalue weighted by molar-refractivity contribution is 5.99. The zero-order valence-electron chi connectivity index (χ0n) is 17.6. The van der Waals surface area contributed by atoms with Crippen LogP contribution in [0.15, 0.2) is 84.1 Å². The Morgan fingerprint density at radius 2 is 1.78 bits per heavy atom. The molecule has 4 rings (SSSR count). The lowest BCUT2D eigenvalue weighted by atomic mass is 10.1. The Morgan fingerprint density at radius 1 is 1.06 bits per heavy atom. The molecule has 1 N–H and O–H groups in total. The van der Waals surface area contributed by atoms with Crippen molar-refractivity contribution in [1.29, 1.82) is 0 Å². The van der Waals surface area contributed by atoms with Crippen LogP contribution in [0.5, 0.6) is 0 Å². The number of nitro benzene ring substituents is 1. The molecule has 0 saturated carbocycles. The second kappa shape index (κ2) is 9.26. The van der Waals surface area contributed by atoms with Crippen LogP contribution in [0.25, 0.3) is 10.9 Å². The van der Waals surface area contributed by atoms with E-state index in [-0.39, 0.29) is 18.0 Å². The number of hydrogen-bond donors (Lipinski definition) is 1. The van der Waals surface area contributed by atoms with Gasteiger partial charge in [-0.2, -0.15) is 5.10 Å². The van der Waals surface area contributed by atoms with Gasteiger partial charge in [-0.15, -0.1) is 0 Å². The molecule has 0 aliphatic heterocycles. The SMILES string of the molecule is Cc1ccccc1Cn1cc(/C=N\NC(=O)Cc2ccc([N+](=O)[O-])cc2)c2ccccc21. The molecule has 0 fully saturated rings. The van der Waals surface area contributed by atoms with E-state index < -0.39 is 4.92 Å². The number of non-ortho nitro benzene ring substituents is 1. The molecule has 32 heavy (non-hydrogen) atoms. The molecular weight excluding hydrogens is 404 g/mol. The van der Waals surface area contributed by atoms with Gasteiger partial charge in [0.1, 0.15) is 0 Å². The minimum atomic E-state index is -0.469. The van der Waals surface area contributed by atoms with Crippen LogP contribution in [0, 0.1) is 17.0 Å². The zero-order chi connectivity index (χ0) is 22.5. The summed E-state index contributed by atoms with van der Waals surface area (Å²) in [5.41, 5.74) is 7.69. The molecule has 7 nitrogen and oxygen atoms in total. The molecule has 0 radical (unpaired) electrons. The second-order valence-electron chi connectivity index (χ2n) is 7.55. The van der Waals surface area contributed by atoms with E-state index in [0.717, 1.165) is 23.0 Å². The van der Waals surface area contributed by atoms with Crippen LogP contribution in [0.3, 0.4) is 0 Å². The number of carbonyl (C=O) groups is 1. The molecule has 0 aliphatic carbocycles. The first-order valence-electron chi connectivity index (χ1n) is 10.2. The number of rotatable bonds is 7. The zero-order valence-corrected chi connectivity index (χ0v) is 17.6. The van der Waals surface area contributed by atoms with Crippen LogP contribution in [-0.2, 0) is 17.8 Å². The number of hydrogen-bond acceptors (Lipinski definition) is 4. The number of aryl methyl sites for hydroxylation is 1. The molecule has 0 aliphatic rings. The van der Waals surface area contributed by atoms with Crippen molar-refractivity contribution in [2.45, 2.75) is 19.9 Å². The largest absolute Gasteiger partial charge is 0.342 e. The standard InChI is InChI=1S/C25H22N4O3/c1-18-6-2-3-7-20(18)16-28-17-21(23-8-4-5-9-24(23)28)15-26-27-25(30)14-19-10-12-22(13-11-19)29(31)32/h2-13,15,17H,14,16H2,1H3,(H,27,30)/b26-15-. The molecule has 1 amide bonds. The van der Waals surface area contributed by atoms with Gasteiger partial charge in [0.2, 0.25) is 5.91 Å². The predicted octanol–water partition coefficient (Wildman–Crippen LogP) is 4.60. The highest BCUT2D eigenvalue weighted by Gasteiger charge is 2.09. The first-order chi connectivity index (χ1) is 15.5. The molecular formula is C25H22N4O3. The summed E-state index contributed by atoms with van der Waals surface area (Å²) in [6.07, 6.45) is 3.76. The van der Waals surface area contributed by atoms with Crippen molar-refractivity contribution in [3.8, 4) is 0 Å². The molecule has 0 atom stereocenters. The number of nitrogens with zero attached hydrogens (tertiary/aromatic N) is 3. The van der Waals surface area contributed by atoms with Gasteiger partial charge in [0, 0.05) is 41.3 Å². The van der Waals surface area contributed by atoms with E-state index >= 15 is 0 Å². The van der Waals surface area contributed by atoms with E-state index in [9.17, 15) is 14.9 Å². The minimum Gasteiger partial charge on any atom is -0.342 e. The van der Waals surface area contributed by atoms with Gasteiger partial charge in [0.05, 0.1) is 17.6 Å². The number of fused-ring (bicyclic) bond motifs is 1. The van der Waals surface area contributed by atoms with Gasteiger partial charge in [-0.05, 0) is 29.7 Å². The summed E-state index contributed by atoms with van der Waals surface area (Å²) in [7, 11) is 0. The van der Waals surface area contributed by atoms with Crippen molar-refractivity contribution in [3.63, 3.8) is 0 Å². The molecule has 3 aromatic carbocycles. The molecule has 0 spiro atoms. The van der Waals surface area contributed by atoms with Gasteiger partial charge in [0.15, 0.2) is 0 Å². The van der Waals surface area contributed by atoms with Crippen molar-refractivity contribution in [2.24, 2.45) is 5.10 Å². The average molecular weight is 426 g/mol. The maximum absolute atomic E-state index is 12.2. The number of aromatic nitrogens is 1. The van der Waals surface area contributed by atoms with Gasteiger partial charge in [-0.3, -0.25) is 14.9 Å².